The van der Waals surface area contributed by atoms with E-state index in [-0.39, 0.29) is 5.75 Å². The first-order chi connectivity index (χ1) is 9.28. The first-order valence-electron chi connectivity index (χ1n) is 6.90. The number of nitrogens with one attached hydrogen (secondary N) is 1. The number of nitrogens with zero attached hydrogens (tertiary/aromatic N) is 1. The number of hydrogen-bond donors (Lipinski definition) is 1. The highest BCUT2D eigenvalue weighted by Crippen LogP contribution is 2.12. The van der Waals surface area contributed by atoms with Crippen molar-refractivity contribution in [2.24, 2.45) is 5.92 Å². The maximum Gasteiger partial charge on any atom is 0.148 e. The van der Waals surface area contributed by atoms with Gasteiger partial charge in [0.15, 0.2) is 0 Å². The van der Waals surface area contributed by atoms with Gasteiger partial charge in [-0.1, -0.05) is 13.8 Å². The third-order valence-corrected chi connectivity index (χ3v) is 3.88. The van der Waals surface area contributed by atoms with Gasteiger partial charge in [0.1, 0.15) is 15.6 Å². The van der Waals surface area contributed by atoms with Gasteiger partial charge in [0, 0.05) is 24.9 Å². The smallest absolute Gasteiger partial charge is 0.148 e. The summed E-state index contributed by atoms with van der Waals surface area (Å²) < 4.78 is 27.8. The Balaban J connectivity index is 2.45. The van der Waals surface area contributed by atoms with E-state index in [2.05, 4.69) is 19.2 Å². The molecule has 0 amide bonds. The van der Waals surface area contributed by atoms with Crippen LogP contribution in [0.15, 0.2) is 16.7 Å². The summed E-state index contributed by atoms with van der Waals surface area (Å²) in [4.78, 5) is 2.00. The quantitative estimate of drug-likeness (QED) is 0.749. The van der Waals surface area contributed by atoms with Crippen molar-refractivity contribution >= 4 is 9.84 Å². The second-order valence-electron chi connectivity index (χ2n) is 5.76. The average Bonchev–Trinajstić information content (AvgIpc) is 2.73. The Hall–Kier alpha value is -0.850. The van der Waals surface area contributed by atoms with Gasteiger partial charge in [-0.25, -0.2) is 8.42 Å². The second-order valence-corrected chi connectivity index (χ2v) is 8.02. The van der Waals surface area contributed by atoms with Gasteiger partial charge in [-0.2, -0.15) is 0 Å². The molecule has 0 radical (unpaired) electrons. The normalized spacial score (nSPS) is 12.5. The Labute approximate surface area is 122 Å². The second kappa shape index (κ2) is 7.81. The molecule has 20 heavy (non-hydrogen) atoms. The number of sulfone groups is 1. The van der Waals surface area contributed by atoms with E-state index in [1.807, 2.05) is 18.0 Å². The summed E-state index contributed by atoms with van der Waals surface area (Å²) in [6.07, 6.45) is 2.95. The summed E-state index contributed by atoms with van der Waals surface area (Å²) in [6.45, 7) is 7.21. The summed E-state index contributed by atoms with van der Waals surface area (Å²) in [5.41, 5.74) is 1.11. The highest BCUT2D eigenvalue weighted by molar-refractivity contribution is 7.90. The zero-order chi connectivity index (χ0) is 15.2. The summed E-state index contributed by atoms with van der Waals surface area (Å²) in [6, 6.07) is 1.95. The van der Waals surface area contributed by atoms with E-state index < -0.39 is 9.84 Å². The lowest BCUT2D eigenvalue weighted by Gasteiger charge is -2.16. The van der Waals surface area contributed by atoms with Crippen molar-refractivity contribution in [3.05, 3.63) is 23.7 Å². The van der Waals surface area contributed by atoms with Crippen LogP contribution in [-0.4, -0.2) is 45.5 Å². The predicted octanol–water partition coefficient (Wildman–Crippen LogP) is 1.50. The summed E-state index contributed by atoms with van der Waals surface area (Å²) in [7, 11) is -0.989. The molecule has 0 aliphatic carbocycles. The van der Waals surface area contributed by atoms with Gasteiger partial charge in [-0.3, -0.25) is 0 Å². The first kappa shape index (κ1) is 17.2. The Morgan fingerprint density at radius 2 is 2.10 bits per heavy atom. The fourth-order valence-electron chi connectivity index (χ4n) is 1.83. The molecule has 0 atom stereocenters. The van der Waals surface area contributed by atoms with Crippen LogP contribution in [0.2, 0.25) is 0 Å². The molecule has 1 aromatic rings. The van der Waals surface area contributed by atoms with E-state index in [1.165, 1.54) is 6.26 Å². The Morgan fingerprint density at radius 1 is 1.40 bits per heavy atom. The standard InChI is InChI=1S/C14H26N2O3S/c1-12(2)9-15-10-14-13(5-7-19-14)11-16(3)6-8-20(4,17)18/h5,7,12,15H,6,8-11H2,1-4H3. The van der Waals surface area contributed by atoms with Crippen LogP contribution in [0.25, 0.3) is 0 Å². The Kier molecular flexibility index (Phi) is 6.71. The monoisotopic (exact) mass is 302 g/mol. The molecule has 1 aromatic heterocycles. The van der Waals surface area contributed by atoms with Gasteiger partial charge in [-0.05, 0) is 25.6 Å². The topological polar surface area (TPSA) is 62.6 Å². The molecule has 0 aliphatic heterocycles. The summed E-state index contributed by atoms with van der Waals surface area (Å²) in [5, 5.41) is 3.35. The molecular formula is C14H26N2O3S. The molecule has 0 aliphatic rings. The molecular weight excluding hydrogens is 276 g/mol. The zero-order valence-electron chi connectivity index (χ0n) is 12.8. The largest absolute Gasteiger partial charge is 0.468 e. The van der Waals surface area contributed by atoms with E-state index in [1.54, 1.807) is 6.26 Å². The van der Waals surface area contributed by atoms with Gasteiger partial charge >= 0.3 is 0 Å². The SMILES string of the molecule is CC(C)CNCc1occc1CN(C)CCS(C)(=O)=O. The highest BCUT2D eigenvalue weighted by atomic mass is 32.2. The maximum atomic E-state index is 11.2. The van der Waals surface area contributed by atoms with Crippen molar-refractivity contribution in [2.45, 2.75) is 26.9 Å². The van der Waals surface area contributed by atoms with Gasteiger partial charge < -0.3 is 14.6 Å². The van der Waals surface area contributed by atoms with Crippen LogP contribution in [0.1, 0.15) is 25.2 Å². The van der Waals surface area contributed by atoms with Gasteiger partial charge in [-0.15, -0.1) is 0 Å². The van der Waals surface area contributed by atoms with Crippen LogP contribution in [0.5, 0.6) is 0 Å². The minimum Gasteiger partial charge on any atom is -0.468 e. The van der Waals surface area contributed by atoms with Crippen molar-refractivity contribution in [1.29, 1.82) is 0 Å². The number of rotatable bonds is 9. The molecule has 1 rings (SSSR count). The van der Waals surface area contributed by atoms with Crippen LogP contribution in [0.3, 0.4) is 0 Å². The molecule has 116 valence electrons. The van der Waals surface area contributed by atoms with E-state index in [9.17, 15) is 8.42 Å². The fourth-order valence-corrected chi connectivity index (χ4v) is 2.47. The van der Waals surface area contributed by atoms with Gasteiger partial charge in [0.05, 0.1) is 18.6 Å². The van der Waals surface area contributed by atoms with Crippen molar-refractivity contribution < 1.29 is 12.8 Å². The van der Waals surface area contributed by atoms with Crippen molar-refractivity contribution in [3.63, 3.8) is 0 Å². The van der Waals surface area contributed by atoms with Crippen molar-refractivity contribution in [1.82, 2.24) is 10.2 Å². The zero-order valence-corrected chi connectivity index (χ0v) is 13.7. The molecule has 0 aromatic carbocycles. The molecule has 0 bridgehead atoms. The minimum atomic E-state index is -2.91. The molecule has 0 saturated heterocycles. The molecule has 5 nitrogen and oxygen atoms in total. The van der Waals surface area contributed by atoms with E-state index in [0.717, 1.165) is 17.9 Å². The number of furan rings is 1. The molecule has 6 heteroatoms. The van der Waals surface area contributed by atoms with Crippen LogP contribution in [0.4, 0.5) is 0 Å². The van der Waals surface area contributed by atoms with E-state index in [4.69, 9.17) is 4.42 Å². The molecule has 0 unspecified atom stereocenters. The predicted molar refractivity (Wildman–Crippen MR) is 81.3 cm³/mol. The summed E-state index contributed by atoms with van der Waals surface area (Å²) in [5.74, 6) is 1.71. The molecule has 1 N–H and O–H groups in total. The Bertz CT molecular complexity index is 494. The first-order valence-corrected chi connectivity index (χ1v) is 8.96. The van der Waals surface area contributed by atoms with Crippen LogP contribution >= 0.6 is 0 Å². The molecule has 0 saturated carbocycles. The van der Waals surface area contributed by atoms with Gasteiger partial charge in [0.25, 0.3) is 0 Å². The number of hydrogen-bond acceptors (Lipinski definition) is 5. The Morgan fingerprint density at radius 3 is 2.70 bits per heavy atom. The minimum absolute atomic E-state index is 0.183. The molecule has 0 spiro atoms. The highest BCUT2D eigenvalue weighted by Gasteiger charge is 2.11. The van der Waals surface area contributed by atoms with E-state index >= 15 is 0 Å². The molecule has 1 heterocycles. The lowest BCUT2D eigenvalue weighted by atomic mass is 10.2. The van der Waals surface area contributed by atoms with Crippen LogP contribution in [-0.2, 0) is 22.9 Å². The van der Waals surface area contributed by atoms with Gasteiger partial charge in [0.2, 0.25) is 0 Å². The average molecular weight is 302 g/mol. The van der Waals surface area contributed by atoms with E-state index in [0.29, 0.717) is 25.6 Å². The summed E-state index contributed by atoms with van der Waals surface area (Å²) >= 11 is 0. The van der Waals surface area contributed by atoms with Crippen LogP contribution in [0, 0.1) is 5.92 Å². The third kappa shape index (κ3) is 7.07. The van der Waals surface area contributed by atoms with Crippen molar-refractivity contribution in [3.8, 4) is 0 Å². The molecule has 0 fully saturated rings. The van der Waals surface area contributed by atoms with Crippen LogP contribution < -0.4 is 5.32 Å². The third-order valence-electron chi connectivity index (χ3n) is 2.96. The lowest BCUT2D eigenvalue weighted by Crippen LogP contribution is -2.25. The lowest BCUT2D eigenvalue weighted by molar-refractivity contribution is 0.340. The maximum absolute atomic E-state index is 11.2. The van der Waals surface area contributed by atoms with Crippen molar-refractivity contribution in [2.75, 3.05) is 32.1 Å². The fraction of sp³-hybridized carbons (Fsp3) is 0.714.